The van der Waals surface area contributed by atoms with Crippen molar-refractivity contribution < 1.29 is 33.9 Å². The maximum absolute atomic E-state index is 12.4. The van der Waals surface area contributed by atoms with Gasteiger partial charge in [0.1, 0.15) is 23.4 Å². The van der Waals surface area contributed by atoms with Crippen molar-refractivity contribution in [3.63, 3.8) is 0 Å². The van der Waals surface area contributed by atoms with E-state index in [1.807, 2.05) is 13.0 Å². The number of allylic oxidation sites excluding steroid dienone is 1. The second-order valence-corrected chi connectivity index (χ2v) is 8.62. The first-order valence-electron chi connectivity index (χ1n) is 9.40. The molecule has 1 N–H and O–H groups in total. The first-order valence-corrected chi connectivity index (χ1v) is 9.40. The second-order valence-electron chi connectivity index (χ2n) is 8.62. The topological polar surface area (TPSA) is 91.3 Å². The maximum Gasteiger partial charge on any atom is 0.333 e. The van der Waals surface area contributed by atoms with Crippen molar-refractivity contribution in [2.45, 2.75) is 70.1 Å². The van der Waals surface area contributed by atoms with E-state index in [0.29, 0.717) is 5.57 Å². The highest BCUT2D eigenvalue weighted by atomic mass is 17.2. The number of rotatable bonds is 2. The summed E-state index contributed by atoms with van der Waals surface area (Å²) >= 11 is 0. The third kappa shape index (κ3) is 2.31. The molecule has 0 aromatic rings. The fraction of sp³-hybridized carbons (Fsp3) is 0.700. The maximum atomic E-state index is 12.4. The number of carbonyl (C=O) groups excluding carboxylic acids is 2. The van der Waals surface area contributed by atoms with Crippen molar-refractivity contribution in [2.75, 3.05) is 0 Å². The zero-order valence-corrected chi connectivity index (χ0v) is 16.2. The molecule has 4 rings (SSSR count). The van der Waals surface area contributed by atoms with Gasteiger partial charge in [-0.05, 0) is 33.8 Å². The second kappa shape index (κ2) is 5.65. The number of fused-ring (bicyclic) bond motifs is 1. The summed E-state index contributed by atoms with van der Waals surface area (Å²) in [5.41, 5.74) is -2.89. The summed E-state index contributed by atoms with van der Waals surface area (Å²) in [7, 11) is 0. The molecule has 2 aliphatic heterocycles. The Kier molecular flexibility index (Phi) is 3.91. The average molecular weight is 378 g/mol. The predicted octanol–water partition coefficient (Wildman–Crippen LogP) is 1.84. The van der Waals surface area contributed by atoms with E-state index in [0.717, 1.165) is 0 Å². The zero-order chi connectivity index (χ0) is 19.8. The van der Waals surface area contributed by atoms with Gasteiger partial charge < -0.3 is 14.6 Å². The minimum absolute atomic E-state index is 0.109. The summed E-state index contributed by atoms with van der Waals surface area (Å²) in [4.78, 5) is 36.1. The van der Waals surface area contributed by atoms with Gasteiger partial charge in [-0.25, -0.2) is 14.6 Å². The molecule has 0 spiro atoms. The van der Waals surface area contributed by atoms with Crippen LogP contribution in [0.5, 0.6) is 0 Å². The highest BCUT2D eigenvalue weighted by Crippen LogP contribution is 2.62. The predicted molar refractivity (Wildman–Crippen MR) is 93.0 cm³/mol. The molecule has 7 nitrogen and oxygen atoms in total. The Morgan fingerprint density at radius 1 is 1.33 bits per heavy atom. The van der Waals surface area contributed by atoms with Crippen LogP contribution in [0.15, 0.2) is 23.8 Å². The summed E-state index contributed by atoms with van der Waals surface area (Å²) in [5.74, 6) is -2.08. The SMILES string of the molecule is CC=C(C)C(=O)OC1CC(C)(O)C23C=CC(C)(OO2)C3C2OC(=O)C(C)C12. The third-order valence-corrected chi connectivity index (χ3v) is 6.89. The fourth-order valence-electron chi connectivity index (χ4n) is 5.16. The average Bonchev–Trinajstić information content (AvgIpc) is 3.16. The van der Waals surface area contributed by atoms with Crippen LogP contribution in [0.4, 0.5) is 0 Å². The Balaban J connectivity index is 1.79. The normalized spacial score (nSPS) is 50.8. The Morgan fingerprint density at radius 2 is 2.04 bits per heavy atom. The third-order valence-electron chi connectivity index (χ3n) is 6.89. The van der Waals surface area contributed by atoms with Gasteiger partial charge in [0.2, 0.25) is 0 Å². The van der Waals surface area contributed by atoms with Crippen molar-refractivity contribution in [2.24, 2.45) is 17.8 Å². The van der Waals surface area contributed by atoms with Crippen LogP contribution in [0.1, 0.15) is 41.0 Å². The molecule has 2 aliphatic carbocycles. The van der Waals surface area contributed by atoms with E-state index in [9.17, 15) is 14.7 Å². The van der Waals surface area contributed by atoms with Gasteiger partial charge >= 0.3 is 11.9 Å². The van der Waals surface area contributed by atoms with Crippen LogP contribution in [0, 0.1) is 17.8 Å². The fourth-order valence-corrected chi connectivity index (χ4v) is 5.16. The molecule has 1 saturated carbocycles. The van der Waals surface area contributed by atoms with Crippen LogP contribution in [0.25, 0.3) is 0 Å². The highest BCUT2D eigenvalue weighted by molar-refractivity contribution is 5.87. The number of carbonyl (C=O) groups is 2. The molecule has 7 heteroatoms. The largest absolute Gasteiger partial charge is 0.461 e. The number of hydrogen-bond acceptors (Lipinski definition) is 7. The highest BCUT2D eigenvalue weighted by Gasteiger charge is 2.75. The molecule has 3 fully saturated rings. The van der Waals surface area contributed by atoms with E-state index in [-0.39, 0.29) is 12.4 Å². The van der Waals surface area contributed by atoms with Crippen LogP contribution >= 0.6 is 0 Å². The van der Waals surface area contributed by atoms with E-state index in [2.05, 4.69) is 0 Å². The molecule has 4 aliphatic rings. The first kappa shape index (κ1) is 18.7. The van der Waals surface area contributed by atoms with Gasteiger partial charge in [-0.15, -0.1) is 0 Å². The van der Waals surface area contributed by atoms with E-state index in [1.54, 1.807) is 39.8 Å². The Bertz CT molecular complexity index is 753. The quantitative estimate of drug-likeness (QED) is 0.339. The van der Waals surface area contributed by atoms with Crippen molar-refractivity contribution in [1.82, 2.24) is 0 Å². The molecule has 0 radical (unpaired) electrons. The molecule has 2 bridgehead atoms. The van der Waals surface area contributed by atoms with Gasteiger partial charge in [0.25, 0.3) is 0 Å². The molecular formula is C20H26O7. The van der Waals surface area contributed by atoms with Gasteiger partial charge in [0.15, 0.2) is 5.60 Å². The number of hydrogen-bond donors (Lipinski definition) is 1. The summed E-state index contributed by atoms with van der Waals surface area (Å²) in [5, 5.41) is 11.4. The lowest BCUT2D eigenvalue weighted by atomic mass is 9.70. The molecule has 148 valence electrons. The Labute approximate surface area is 158 Å². The minimum atomic E-state index is -1.38. The van der Waals surface area contributed by atoms with Crippen LogP contribution < -0.4 is 0 Å². The molecule has 0 amide bonds. The van der Waals surface area contributed by atoms with E-state index in [1.165, 1.54) is 0 Å². The Hall–Kier alpha value is -1.70. The van der Waals surface area contributed by atoms with Crippen LogP contribution in [0.2, 0.25) is 0 Å². The summed E-state index contributed by atoms with van der Waals surface area (Å²) in [6.45, 7) is 8.71. The summed E-state index contributed by atoms with van der Waals surface area (Å²) in [6, 6.07) is 0. The molecular weight excluding hydrogens is 352 g/mol. The van der Waals surface area contributed by atoms with Crippen molar-refractivity contribution in [1.29, 1.82) is 0 Å². The lowest BCUT2D eigenvalue weighted by Gasteiger charge is -2.40. The van der Waals surface area contributed by atoms with E-state index in [4.69, 9.17) is 19.2 Å². The lowest BCUT2D eigenvalue weighted by molar-refractivity contribution is -0.361. The van der Waals surface area contributed by atoms with Crippen molar-refractivity contribution in [3.05, 3.63) is 23.8 Å². The first-order chi connectivity index (χ1) is 12.6. The molecule has 2 heterocycles. The molecule has 8 unspecified atom stereocenters. The molecule has 2 saturated heterocycles. The Morgan fingerprint density at radius 3 is 2.63 bits per heavy atom. The monoisotopic (exact) mass is 378 g/mol. The van der Waals surface area contributed by atoms with Gasteiger partial charge in [0, 0.05) is 17.9 Å². The molecule has 27 heavy (non-hydrogen) atoms. The number of esters is 2. The molecule has 8 atom stereocenters. The van der Waals surface area contributed by atoms with Crippen molar-refractivity contribution in [3.8, 4) is 0 Å². The van der Waals surface area contributed by atoms with Gasteiger partial charge in [0.05, 0.1) is 11.8 Å². The van der Waals surface area contributed by atoms with Crippen LogP contribution in [-0.4, -0.2) is 46.1 Å². The zero-order valence-electron chi connectivity index (χ0n) is 16.2. The van der Waals surface area contributed by atoms with Crippen molar-refractivity contribution >= 4 is 11.9 Å². The standard InChI is InChI=1S/C20H26O7/c1-6-10(2)16(21)24-12-9-19(5,23)20-8-7-18(4,26-27-20)15(20)14-13(12)11(3)17(22)25-14/h6-8,11-15,23H,9H2,1-5H3. The smallest absolute Gasteiger partial charge is 0.333 e. The van der Waals surface area contributed by atoms with Crippen LogP contribution in [0.3, 0.4) is 0 Å². The van der Waals surface area contributed by atoms with Gasteiger partial charge in [-0.3, -0.25) is 4.79 Å². The van der Waals surface area contributed by atoms with Gasteiger partial charge in [-0.2, -0.15) is 0 Å². The molecule has 0 aromatic heterocycles. The van der Waals surface area contributed by atoms with E-state index >= 15 is 0 Å². The number of ether oxygens (including phenoxy) is 2. The molecule has 0 aromatic carbocycles. The number of aliphatic hydroxyl groups is 1. The minimum Gasteiger partial charge on any atom is -0.461 e. The summed E-state index contributed by atoms with van der Waals surface area (Å²) in [6.07, 6.45) is 4.17. The van der Waals surface area contributed by atoms with Gasteiger partial charge in [-0.1, -0.05) is 19.1 Å². The van der Waals surface area contributed by atoms with Crippen LogP contribution in [-0.2, 0) is 28.8 Å². The lowest BCUT2D eigenvalue weighted by Crippen LogP contribution is -2.56. The summed E-state index contributed by atoms with van der Waals surface area (Å²) < 4.78 is 11.5. The van der Waals surface area contributed by atoms with E-state index < -0.39 is 52.7 Å².